The number of carbonyl (C=O) groups is 1. The maximum Gasteiger partial charge on any atom is 0.233 e. The zero-order valence-electron chi connectivity index (χ0n) is 16.5. The number of tetrazole rings is 1. The summed E-state index contributed by atoms with van der Waals surface area (Å²) in [6, 6.07) is 13.7. The van der Waals surface area contributed by atoms with Gasteiger partial charge in [0.2, 0.25) is 11.1 Å². The number of para-hydroxylation sites is 2. The number of amides is 1. The van der Waals surface area contributed by atoms with E-state index >= 15 is 0 Å². The summed E-state index contributed by atoms with van der Waals surface area (Å²) in [5, 5.41) is 12.0. The maximum absolute atomic E-state index is 13.5. The number of oxazole rings is 1. The largest absolute Gasteiger partial charge is 0.440 e. The minimum absolute atomic E-state index is 0.0230. The Labute approximate surface area is 181 Å². The fourth-order valence-electron chi connectivity index (χ4n) is 3.70. The Morgan fingerprint density at radius 3 is 2.81 bits per heavy atom. The summed E-state index contributed by atoms with van der Waals surface area (Å²) in [7, 11) is 0. The van der Waals surface area contributed by atoms with Gasteiger partial charge in [-0.15, -0.1) is 5.10 Å². The van der Waals surface area contributed by atoms with E-state index in [2.05, 4.69) is 20.5 Å². The van der Waals surface area contributed by atoms with Gasteiger partial charge in [-0.3, -0.25) is 4.79 Å². The van der Waals surface area contributed by atoms with E-state index in [1.807, 2.05) is 29.2 Å². The van der Waals surface area contributed by atoms with Crippen LogP contribution in [0.1, 0.15) is 24.7 Å². The Morgan fingerprint density at radius 2 is 2.00 bits per heavy atom. The molecule has 2 aromatic carbocycles. The zero-order chi connectivity index (χ0) is 21.2. The Kier molecular flexibility index (Phi) is 5.37. The highest BCUT2D eigenvalue weighted by atomic mass is 32.2. The molecule has 0 saturated carbocycles. The SMILES string of the molecule is O=C(CSc1nnnn1-c1cccc(F)c1)N1CCC(c2nc3ccccc3o2)CC1. The highest BCUT2D eigenvalue weighted by Gasteiger charge is 2.27. The van der Waals surface area contributed by atoms with Crippen molar-refractivity contribution in [2.75, 3.05) is 18.8 Å². The van der Waals surface area contributed by atoms with Crippen molar-refractivity contribution in [2.24, 2.45) is 0 Å². The molecule has 8 nitrogen and oxygen atoms in total. The van der Waals surface area contributed by atoms with E-state index in [-0.39, 0.29) is 23.4 Å². The number of rotatable bonds is 5. The standard InChI is InChI=1S/C21H19FN6O2S/c22-15-4-3-5-16(12-15)28-21(24-25-26-28)31-13-19(29)27-10-8-14(9-11-27)20-23-17-6-1-2-7-18(17)30-20/h1-7,12,14H,8-11,13H2. The first-order valence-electron chi connectivity index (χ1n) is 9.98. The number of thioether (sulfide) groups is 1. The van der Waals surface area contributed by atoms with Crippen molar-refractivity contribution in [3.8, 4) is 5.69 Å². The first kappa shape index (κ1) is 19.7. The second-order valence-corrected chi connectivity index (χ2v) is 8.26. The maximum atomic E-state index is 13.5. The quantitative estimate of drug-likeness (QED) is 0.441. The minimum Gasteiger partial charge on any atom is -0.440 e. The number of fused-ring (bicyclic) bond motifs is 1. The molecule has 0 unspecified atom stereocenters. The first-order valence-corrected chi connectivity index (χ1v) is 11.0. The highest BCUT2D eigenvalue weighted by molar-refractivity contribution is 7.99. The number of piperidine rings is 1. The van der Waals surface area contributed by atoms with Crippen LogP contribution in [-0.4, -0.2) is 54.8 Å². The molecular weight excluding hydrogens is 419 g/mol. The Balaban J connectivity index is 1.18. The molecule has 1 amide bonds. The van der Waals surface area contributed by atoms with Crippen molar-refractivity contribution in [1.82, 2.24) is 30.1 Å². The molecular formula is C21H19FN6O2S. The van der Waals surface area contributed by atoms with E-state index in [4.69, 9.17) is 4.42 Å². The molecule has 0 radical (unpaired) electrons. The molecule has 1 fully saturated rings. The van der Waals surface area contributed by atoms with Gasteiger partial charge >= 0.3 is 0 Å². The van der Waals surface area contributed by atoms with Gasteiger partial charge in [0, 0.05) is 19.0 Å². The summed E-state index contributed by atoms with van der Waals surface area (Å²) in [5.74, 6) is 0.821. The predicted molar refractivity (Wildman–Crippen MR) is 112 cm³/mol. The number of likely N-dealkylation sites (tertiary alicyclic amines) is 1. The molecule has 31 heavy (non-hydrogen) atoms. The van der Waals surface area contributed by atoms with Gasteiger partial charge in [0.25, 0.3) is 0 Å². The average Bonchev–Trinajstić information content (AvgIpc) is 3.44. The lowest BCUT2D eigenvalue weighted by Gasteiger charge is -2.30. The number of hydrogen-bond donors (Lipinski definition) is 0. The van der Waals surface area contributed by atoms with Crippen molar-refractivity contribution < 1.29 is 13.6 Å². The molecule has 4 aromatic rings. The van der Waals surface area contributed by atoms with Gasteiger partial charge in [-0.2, -0.15) is 4.68 Å². The van der Waals surface area contributed by atoms with Crippen LogP contribution in [0.5, 0.6) is 0 Å². The van der Waals surface area contributed by atoms with Crippen LogP contribution in [0.15, 0.2) is 58.1 Å². The summed E-state index contributed by atoms with van der Waals surface area (Å²) in [5.41, 5.74) is 2.17. The van der Waals surface area contributed by atoms with Crippen LogP contribution in [0.2, 0.25) is 0 Å². The van der Waals surface area contributed by atoms with Crippen LogP contribution in [0.25, 0.3) is 16.8 Å². The lowest BCUT2D eigenvalue weighted by molar-refractivity contribution is -0.129. The van der Waals surface area contributed by atoms with E-state index in [0.717, 1.165) is 29.8 Å². The molecule has 1 saturated heterocycles. The first-order chi connectivity index (χ1) is 15.2. The van der Waals surface area contributed by atoms with Crippen LogP contribution in [-0.2, 0) is 4.79 Å². The zero-order valence-corrected chi connectivity index (χ0v) is 17.3. The Hall–Kier alpha value is -3.27. The third-order valence-electron chi connectivity index (χ3n) is 5.33. The van der Waals surface area contributed by atoms with Gasteiger partial charge in [-0.1, -0.05) is 30.0 Å². The summed E-state index contributed by atoms with van der Waals surface area (Å²) >= 11 is 1.24. The van der Waals surface area contributed by atoms with Gasteiger partial charge in [0.05, 0.1) is 11.4 Å². The second-order valence-electron chi connectivity index (χ2n) is 7.32. The topological polar surface area (TPSA) is 89.9 Å². The third kappa shape index (κ3) is 4.15. The van der Waals surface area contributed by atoms with Gasteiger partial charge in [0.15, 0.2) is 11.5 Å². The Morgan fingerprint density at radius 1 is 1.16 bits per heavy atom. The number of hydrogen-bond acceptors (Lipinski definition) is 7. The number of benzene rings is 2. The fourth-order valence-corrected chi connectivity index (χ4v) is 4.49. The number of nitrogens with zero attached hydrogens (tertiary/aromatic N) is 6. The van der Waals surface area contributed by atoms with Gasteiger partial charge in [0.1, 0.15) is 11.3 Å². The van der Waals surface area contributed by atoms with E-state index < -0.39 is 0 Å². The highest BCUT2D eigenvalue weighted by Crippen LogP contribution is 2.30. The molecule has 3 heterocycles. The number of carbonyl (C=O) groups excluding carboxylic acids is 1. The molecule has 1 aliphatic rings. The predicted octanol–water partition coefficient (Wildman–Crippen LogP) is 3.44. The van der Waals surface area contributed by atoms with E-state index in [1.54, 1.807) is 12.1 Å². The summed E-state index contributed by atoms with van der Waals surface area (Å²) < 4.78 is 20.8. The van der Waals surface area contributed by atoms with Crippen LogP contribution >= 0.6 is 11.8 Å². The third-order valence-corrected chi connectivity index (χ3v) is 6.23. The van der Waals surface area contributed by atoms with E-state index in [1.165, 1.54) is 28.6 Å². The number of aromatic nitrogens is 5. The summed E-state index contributed by atoms with van der Waals surface area (Å²) in [6.45, 7) is 1.30. The van der Waals surface area contributed by atoms with Gasteiger partial charge in [-0.25, -0.2) is 9.37 Å². The molecule has 2 aromatic heterocycles. The molecule has 0 aliphatic carbocycles. The van der Waals surface area contributed by atoms with Crippen molar-refractivity contribution in [3.63, 3.8) is 0 Å². The van der Waals surface area contributed by atoms with Crippen molar-refractivity contribution in [1.29, 1.82) is 0 Å². The summed E-state index contributed by atoms with van der Waals surface area (Å²) in [6.07, 6.45) is 1.62. The molecule has 5 rings (SSSR count). The van der Waals surface area contributed by atoms with Crippen LogP contribution in [0.4, 0.5) is 4.39 Å². The molecule has 0 spiro atoms. The van der Waals surface area contributed by atoms with E-state index in [9.17, 15) is 9.18 Å². The fraction of sp³-hybridized carbons (Fsp3) is 0.286. The lowest BCUT2D eigenvalue weighted by Crippen LogP contribution is -2.39. The van der Waals surface area contributed by atoms with Crippen LogP contribution < -0.4 is 0 Å². The number of halogens is 1. The van der Waals surface area contributed by atoms with Crippen LogP contribution in [0, 0.1) is 5.82 Å². The lowest BCUT2D eigenvalue weighted by atomic mass is 9.97. The Bertz CT molecular complexity index is 1180. The molecule has 0 bridgehead atoms. The second kappa shape index (κ2) is 8.46. The molecule has 10 heteroatoms. The molecule has 158 valence electrons. The van der Waals surface area contributed by atoms with Crippen molar-refractivity contribution in [2.45, 2.75) is 23.9 Å². The monoisotopic (exact) mass is 438 g/mol. The molecule has 0 atom stereocenters. The smallest absolute Gasteiger partial charge is 0.233 e. The van der Waals surface area contributed by atoms with Gasteiger partial charge < -0.3 is 9.32 Å². The molecule has 1 aliphatic heterocycles. The normalized spacial score (nSPS) is 14.9. The summed E-state index contributed by atoms with van der Waals surface area (Å²) in [4.78, 5) is 19.2. The van der Waals surface area contributed by atoms with E-state index in [0.29, 0.717) is 23.9 Å². The van der Waals surface area contributed by atoms with Crippen molar-refractivity contribution >= 4 is 28.8 Å². The minimum atomic E-state index is -0.373. The van der Waals surface area contributed by atoms with Crippen LogP contribution in [0.3, 0.4) is 0 Å². The average molecular weight is 438 g/mol. The molecule has 0 N–H and O–H groups in total. The van der Waals surface area contributed by atoms with Gasteiger partial charge in [-0.05, 0) is 53.6 Å². The van der Waals surface area contributed by atoms with Crippen molar-refractivity contribution in [3.05, 3.63) is 60.2 Å².